The Morgan fingerprint density at radius 1 is 1.24 bits per heavy atom. The molecule has 0 saturated carbocycles. The first-order valence-corrected chi connectivity index (χ1v) is 6.47. The van der Waals surface area contributed by atoms with Crippen molar-refractivity contribution in [2.24, 2.45) is 5.92 Å². The molecule has 0 bridgehead atoms. The number of rotatable bonds is 6. The zero-order valence-corrected chi connectivity index (χ0v) is 11.4. The van der Waals surface area contributed by atoms with Gasteiger partial charge < -0.3 is 5.32 Å². The van der Waals surface area contributed by atoms with Crippen molar-refractivity contribution in [1.82, 2.24) is 5.32 Å². The first-order chi connectivity index (χ1) is 8.00. The molecule has 0 saturated heterocycles. The van der Waals surface area contributed by atoms with Crippen LogP contribution in [0.5, 0.6) is 0 Å². The summed E-state index contributed by atoms with van der Waals surface area (Å²) in [5.41, 5.74) is 2.95. The number of hydrogen-bond acceptors (Lipinski definition) is 1. The largest absolute Gasteiger partial charge is 0.316 e. The van der Waals surface area contributed by atoms with E-state index in [1.807, 2.05) is 13.8 Å². The van der Waals surface area contributed by atoms with E-state index in [0.717, 1.165) is 42.6 Å². The van der Waals surface area contributed by atoms with Crippen molar-refractivity contribution in [3.05, 3.63) is 34.6 Å². The van der Waals surface area contributed by atoms with Gasteiger partial charge in [0.2, 0.25) is 0 Å². The molecule has 1 aromatic carbocycles. The Labute approximate surface area is 104 Å². The number of benzene rings is 1. The Balaban J connectivity index is 2.42. The van der Waals surface area contributed by atoms with E-state index in [1.165, 1.54) is 0 Å². The summed E-state index contributed by atoms with van der Waals surface area (Å²) < 4.78 is 13.7. The minimum Gasteiger partial charge on any atom is -0.316 e. The van der Waals surface area contributed by atoms with Gasteiger partial charge in [0.1, 0.15) is 5.82 Å². The molecule has 0 atom stereocenters. The van der Waals surface area contributed by atoms with Crippen molar-refractivity contribution < 1.29 is 4.39 Å². The Bertz CT molecular complexity index is 335. The van der Waals surface area contributed by atoms with Crippen molar-refractivity contribution in [1.29, 1.82) is 0 Å². The highest BCUT2D eigenvalue weighted by atomic mass is 19.1. The van der Waals surface area contributed by atoms with Gasteiger partial charge in [0.25, 0.3) is 0 Å². The zero-order valence-electron chi connectivity index (χ0n) is 11.4. The summed E-state index contributed by atoms with van der Waals surface area (Å²) in [6, 6.07) is 3.68. The van der Waals surface area contributed by atoms with Crippen LogP contribution in [0.2, 0.25) is 0 Å². The fourth-order valence-corrected chi connectivity index (χ4v) is 2.04. The molecule has 0 aliphatic carbocycles. The molecule has 17 heavy (non-hydrogen) atoms. The minimum absolute atomic E-state index is 0.0497. The van der Waals surface area contributed by atoms with Crippen molar-refractivity contribution in [2.45, 2.75) is 40.5 Å². The van der Waals surface area contributed by atoms with Gasteiger partial charge in [-0.05, 0) is 68.5 Å². The molecule has 1 aromatic rings. The smallest absolute Gasteiger partial charge is 0.126 e. The van der Waals surface area contributed by atoms with E-state index in [9.17, 15) is 4.39 Å². The molecule has 0 aromatic heterocycles. The third kappa shape index (κ3) is 4.86. The van der Waals surface area contributed by atoms with Gasteiger partial charge in [-0.15, -0.1) is 0 Å². The lowest BCUT2D eigenvalue weighted by molar-refractivity contribution is 0.537. The lowest BCUT2D eigenvalue weighted by Crippen LogP contribution is -2.21. The van der Waals surface area contributed by atoms with E-state index < -0.39 is 0 Å². The molecule has 1 rings (SSSR count). The van der Waals surface area contributed by atoms with E-state index in [1.54, 1.807) is 6.07 Å². The molecule has 0 heterocycles. The normalized spacial score (nSPS) is 11.2. The number of hydrogen-bond donors (Lipinski definition) is 1. The summed E-state index contributed by atoms with van der Waals surface area (Å²) >= 11 is 0. The maximum atomic E-state index is 13.7. The third-order valence-electron chi connectivity index (χ3n) is 2.90. The molecule has 0 fully saturated rings. The topological polar surface area (TPSA) is 12.0 Å². The van der Waals surface area contributed by atoms with Gasteiger partial charge >= 0.3 is 0 Å². The second-order valence-electron chi connectivity index (χ2n) is 5.24. The van der Waals surface area contributed by atoms with Crippen LogP contribution in [-0.4, -0.2) is 13.1 Å². The average molecular weight is 237 g/mol. The van der Waals surface area contributed by atoms with Crippen LogP contribution in [0.25, 0.3) is 0 Å². The van der Waals surface area contributed by atoms with Gasteiger partial charge in [-0.1, -0.05) is 19.9 Å². The summed E-state index contributed by atoms with van der Waals surface area (Å²) in [5, 5.41) is 3.38. The molecule has 96 valence electrons. The monoisotopic (exact) mass is 237 g/mol. The molecule has 2 heteroatoms. The number of halogens is 1. The molecule has 0 radical (unpaired) electrons. The molecule has 0 aliphatic rings. The summed E-state index contributed by atoms with van der Waals surface area (Å²) in [6.45, 7) is 10.3. The number of aryl methyl sites for hydroxylation is 2. The highest BCUT2D eigenvalue weighted by Crippen LogP contribution is 2.17. The predicted octanol–water partition coefficient (Wildman–Crippen LogP) is 3.62. The first kappa shape index (κ1) is 14.2. The highest BCUT2D eigenvalue weighted by molar-refractivity contribution is 5.32. The van der Waals surface area contributed by atoms with Crippen LogP contribution >= 0.6 is 0 Å². The average Bonchev–Trinajstić information content (AvgIpc) is 2.20. The summed E-state index contributed by atoms with van der Waals surface area (Å²) in [4.78, 5) is 0. The van der Waals surface area contributed by atoms with E-state index in [-0.39, 0.29) is 5.82 Å². The van der Waals surface area contributed by atoms with Crippen molar-refractivity contribution in [2.75, 3.05) is 13.1 Å². The third-order valence-corrected chi connectivity index (χ3v) is 2.90. The van der Waals surface area contributed by atoms with Gasteiger partial charge in [0.15, 0.2) is 0 Å². The zero-order chi connectivity index (χ0) is 12.8. The van der Waals surface area contributed by atoms with Crippen LogP contribution in [0.4, 0.5) is 4.39 Å². The Morgan fingerprint density at radius 2 is 1.94 bits per heavy atom. The Morgan fingerprint density at radius 3 is 2.53 bits per heavy atom. The minimum atomic E-state index is -0.0497. The van der Waals surface area contributed by atoms with Crippen LogP contribution in [0.15, 0.2) is 12.1 Å². The van der Waals surface area contributed by atoms with Gasteiger partial charge in [-0.2, -0.15) is 0 Å². The van der Waals surface area contributed by atoms with Crippen LogP contribution in [0.3, 0.4) is 0 Å². The predicted molar refractivity (Wildman–Crippen MR) is 71.9 cm³/mol. The molecular weight excluding hydrogens is 213 g/mol. The summed E-state index contributed by atoms with van der Waals surface area (Å²) in [5.74, 6) is 0.624. The van der Waals surface area contributed by atoms with E-state index in [0.29, 0.717) is 5.92 Å². The van der Waals surface area contributed by atoms with Gasteiger partial charge in [0, 0.05) is 0 Å². The molecule has 1 N–H and O–H groups in total. The summed E-state index contributed by atoms with van der Waals surface area (Å²) in [7, 11) is 0. The molecule has 0 aliphatic heterocycles. The van der Waals surface area contributed by atoms with E-state index >= 15 is 0 Å². The number of nitrogens with one attached hydrogen (secondary N) is 1. The molecule has 0 amide bonds. The van der Waals surface area contributed by atoms with Crippen LogP contribution in [0.1, 0.15) is 37.0 Å². The van der Waals surface area contributed by atoms with Crippen molar-refractivity contribution in [3.63, 3.8) is 0 Å². The van der Waals surface area contributed by atoms with Crippen molar-refractivity contribution >= 4 is 0 Å². The SMILES string of the molecule is Cc1cc(C)c(CCCNCC(C)C)c(F)c1. The van der Waals surface area contributed by atoms with Gasteiger partial charge in [-0.3, -0.25) is 0 Å². The van der Waals surface area contributed by atoms with E-state index in [4.69, 9.17) is 0 Å². The Hall–Kier alpha value is -0.890. The van der Waals surface area contributed by atoms with Gasteiger partial charge in [-0.25, -0.2) is 4.39 Å². The highest BCUT2D eigenvalue weighted by Gasteiger charge is 2.06. The van der Waals surface area contributed by atoms with Crippen molar-refractivity contribution in [3.8, 4) is 0 Å². The molecule has 0 spiro atoms. The molecule has 1 nitrogen and oxygen atoms in total. The van der Waals surface area contributed by atoms with Crippen LogP contribution in [0, 0.1) is 25.6 Å². The fraction of sp³-hybridized carbons (Fsp3) is 0.600. The van der Waals surface area contributed by atoms with Gasteiger partial charge in [0.05, 0.1) is 0 Å². The maximum absolute atomic E-state index is 13.7. The van der Waals surface area contributed by atoms with Crippen LogP contribution in [-0.2, 0) is 6.42 Å². The first-order valence-electron chi connectivity index (χ1n) is 6.47. The second-order valence-corrected chi connectivity index (χ2v) is 5.24. The second kappa shape index (κ2) is 6.75. The standard InChI is InChI=1S/C15H24FN/c1-11(2)10-17-7-5-6-14-13(4)8-12(3)9-15(14)16/h8-9,11,17H,5-7,10H2,1-4H3. The molecule has 0 unspecified atom stereocenters. The molecular formula is C15H24FN. The van der Waals surface area contributed by atoms with Crippen LogP contribution < -0.4 is 5.32 Å². The van der Waals surface area contributed by atoms with E-state index in [2.05, 4.69) is 25.2 Å². The maximum Gasteiger partial charge on any atom is 0.126 e. The quantitative estimate of drug-likeness (QED) is 0.745. The lowest BCUT2D eigenvalue weighted by Gasteiger charge is -2.10. The fourth-order valence-electron chi connectivity index (χ4n) is 2.04. The summed E-state index contributed by atoms with van der Waals surface area (Å²) in [6.07, 6.45) is 1.82. The Kier molecular flexibility index (Phi) is 5.63. The lowest BCUT2D eigenvalue weighted by atomic mass is 10.0.